The highest BCUT2D eigenvalue weighted by atomic mass is 32.1. The summed E-state index contributed by atoms with van der Waals surface area (Å²) in [5.74, 6) is 0. The van der Waals surface area contributed by atoms with E-state index < -0.39 is 0 Å². The van der Waals surface area contributed by atoms with E-state index in [4.69, 9.17) is 11.5 Å². The summed E-state index contributed by atoms with van der Waals surface area (Å²) in [7, 11) is 0. The zero-order valence-corrected chi connectivity index (χ0v) is 10.5. The molecule has 0 spiro atoms. The van der Waals surface area contributed by atoms with Crippen molar-refractivity contribution in [3.05, 3.63) is 51.3 Å². The van der Waals surface area contributed by atoms with Crippen LogP contribution in [0.4, 0.5) is 4.39 Å². The molecule has 1 aliphatic carbocycles. The average molecular weight is 250 g/mol. The van der Waals surface area contributed by atoms with Gasteiger partial charge in [-0.05, 0) is 25.0 Å². The van der Waals surface area contributed by atoms with Gasteiger partial charge < -0.3 is 11.5 Å². The molecule has 0 amide bonds. The first-order valence-corrected chi connectivity index (χ1v) is 6.34. The van der Waals surface area contributed by atoms with Gasteiger partial charge in [0.25, 0.3) is 0 Å². The molecule has 2 rings (SSSR count). The highest BCUT2D eigenvalue weighted by Crippen LogP contribution is 2.31. The zero-order chi connectivity index (χ0) is 12.4. The van der Waals surface area contributed by atoms with Gasteiger partial charge in [0.05, 0.1) is 11.4 Å². The Morgan fingerprint density at radius 3 is 2.71 bits per heavy atom. The van der Waals surface area contributed by atoms with E-state index in [2.05, 4.69) is 6.92 Å². The fourth-order valence-electron chi connectivity index (χ4n) is 1.76. The highest BCUT2D eigenvalue weighted by Gasteiger charge is 2.13. The molecule has 0 unspecified atom stereocenters. The first kappa shape index (κ1) is 11.9. The molecule has 90 valence electrons. The van der Waals surface area contributed by atoms with E-state index in [1.165, 1.54) is 11.6 Å². The maximum Gasteiger partial charge on any atom is 0.176 e. The molecule has 4 heteroatoms. The van der Waals surface area contributed by atoms with E-state index in [1.807, 2.05) is 12.2 Å². The third-order valence-electron chi connectivity index (χ3n) is 2.83. The summed E-state index contributed by atoms with van der Waals surface area (Å²) in [6, 6.07) is 3.19. The van der Waals surface area contributed by atoms with Gasteiger partial charge in [-0.25, -0.2) is 0 Å². The van der Waals surface area contributed by atoms with E-state index in [0.717, 1.165) is 34.6 Å². The third kappa shape index (κ3) is 2.42. The van der Waals surface area contributed by atoms with Crippen molar-refractivity contribution in [3.63, 3.8) is 0 Å². The lowest BCUT2D eigenvalue weighted by Gasteiger charge is -2.05. The molecule has 2 nitrogen and oxygen atoms in total. The fraction of sp³-hybridized carbons (Fsp3) is 0.231. The number of hydrogen-bond donors (Lipinski definition) is 2. The second-order valence-corrected chi connectivity index (χ2v) is 4.98. The molecular formula is C13H15FN2S. The molecule has 1 aromatic heterocycles. The monoisotopic (exact) mass is 250 g/mol. The van der Waals surface area contributed by atoms with E-state index in [9.17, 15) is 4.39 Å². The molecule has 0 aromatic carbocycles. The predicted molar refractivity (Wildman–Crippen MR) is 70.6 cm³/mol. The summed E-state index contributed by atoms with van der Waals surface area (Å²) in [6.45, 7) is 2.09. The zero-order valence-electron chi connectivity index (χ0n) is 9.66. The summed E-state index contributed by atoms with van der Waals surface area (Å²) in [5.41, 5.74) is 15.1. The summed E-state index contributed by atoms with van der Waals surface area (Å²) < 4.78 is 13.1. The predicted octanol–water partition coefficient (Wildman–Crippen LogP) is 3.14. The smallest absolute Gasteiger partial charge is 0.176 e. The molecule has 0 saturated heterocycles. The fourth-order valence-corrected chi connectivity index (χ4v) is 2.52. The van der Waals surface area contributed by atoms with E-state index in [1.54, 1.807) is 6.07 Å². The molecule has 1 aliphatic rings. The second-order valence-electron chi connectivity index (χ2n) is 3.95. The summed E-state index contributed by atoms with van der Waals surface area (Å²) in [4.78, 5) is 0.823. The molecule has 1 heterocycles. The number of hydrogen-bond acceptors (Lipinski definition) is 3. The number of allylic oxidation sites excluding steroid dienone is 4. The van der Waals surface area contributed by atoms with Crippen LogP contribution in [0.5, 0.6) is 0 Å². The van der Waals surface area contributed by atoms with Crippen LogP contribution >= 0.6 is 11.3 Å². The van der Waals surface area contributed by atoms with Crippen molar-refractivity contribution in [2.75, 3.05) is 0 Å². The normalized spacial score (nSPS) is 16.6. The quantitative estimate of drug-likeness (QED) is 0.847. The lowest BCUT2D eigenvalue weighted by molar-refractivity contribution is 0.657. The van der Waals surface area contributed by atoms with Gasteiger partial charge in [0.15, 0.2) is 5.13 Å². The van der Waals surface area contributed by atoms with Crippen molar-refractivity contribution in [2.24, 2.45) is 11.5 Å². The van der Waals surface area contributed by atoms with Crippen LogP contribution < -0.4 is 11.5 Å². The van der Waals surface area contributed by atoms with Crippen LogP contribution in [0.1, 0.15) is 24.6 Å². The van der Waals surface area contributed by atoms with Crippen molar-refractivity contribution < 1.29 is 4.39 Å². The Labute approximate surface area is 104 Å². The Kier molecular flexibility index (Phi) is 3.33. The maximum atomic E-state index is 13.1. The number of nitrogens with two attached hydrogens (primary N) is 2. The topological polar surface area (TPSA) is 52.0 Å². The lowest BCUT2D eigenvalue weighted by Crippen LogP contribution is -2.10. The molecule has 17 heavy (non-hydrogen) atoms. The van der Waals surface area contributed by atoms with Crippen LogP contribution in [0, 0.1) is 5.13 Å². The van der Waals surface area contributed by atoms with Crippen LogP contribution in [0.2, 0.25) is 0 Å². The Bertz CT molecular complexity index is 523. The van der Waals surface area contributed by atoms with Gasteiger partial charge in [0.1, 0.15) is 0 Å². The van der Waals surface area contributed by atoms with Gasteiger partial charge >= 0.3 is 0 Å². The third-order valence-corrected chi connectivity index (χ3v) is 3.73. The molecule has 1 aromatic rings. The summed E-state index contributed by atoms with van der Waals surface area (Å²) in [5, 5.41) is -0.210. The number of thiophene rings is 1. The van der Waals surface area contributed by atoms with Crippen molar-refractivity contribution in [1.29, 1.82) is 0 Å². The SMILES string of the molecule is CCC1=CC(c2ccc(F)s2)=C(N)C(N)=CC1. The number of halogens is 1. The van der Waals surface area contributed by atoms with E-state index >= 15 is 0 Å². The van der Waals surface area contributed by atoms with E-state index in [0.29, 0.717) is 11.4 Å². The molecule has 0 radical (unpaired) electrons. The minimum Gasteiger partial charge on any atom is -0.397 e. The molecule has 0 bridgehead atoms. The van der Waals surface area contributed by atoms with Gasteiger partial charge in [-0.3, -0.25) is 0 Å². The Balaban J connectivity index is 2.53. The second kappa shape index (κ2) is 4.75. The van der Waals surface area contributed by atoms with Crippen molar-refractivity contribution in [2.45, 2.75) is 19.8 Å². The lowest BCUT2D eigenvalue weighted by atomic mass is 10.1. The van der Waals surface area contributed by atoms with Crippen molar-refractivity contribution in [3.8, 4) is 0 Å². The molecular weight excluding hydrogens is 235 g/mol. The summed E-state index contributed by atoms with van der Waals surface area (Å²) in [6.07, 6.45) is 5.69. The van der Waals surface area contributed by atoms with Gasteiger partial charge in [0.2, 0.25) is 0 Å². The average Bonchev–Trinajstić information content (AvgIpc) is 2.68. The minimum atomic E-state index is -0.210. The van der Waals surface area contributed by atoms with Crippen molar-refractivity contribution >= 4 is 16.9 Å². The van der Waals surface area contributed by atoms with E-state index in [-0.39, 0.29) is 5.13 Å². The largest absolute Gasteiger partial charge is 0.397 e. The van der Waals surface area contributed by atoms with Gasteiger partial charge in [-0.15, -0.1) is 11.3 Å². The Morgan fingerprint density at radius 2 is 2.12 bits per heavy atom. The van der Waals surface area contributed by atoms with Crippen LogP contribution in [-0.4, -0.2) is 0 Å². The first-order valence-electron chi connectivity index (χ1n) is 5.52. The molecule has 0 atom stereocenters. The molecule has 0 aliphatic heterocycles. The maximum absolute atomic E-state index is 13.1. The van der Waals surface area contributed by atoms with Crippen LogP contribution in [0.25, 0.3) is 5.57 Å². The van der Waals surface area contributed by atoms with Gasteiger partial charge in [0, 0.05) is 10.5 Å². The Morgan fingerprint density at radius 1 is 1.35 bits per heavy atom. The van der Waals surface area contributed by atoms with Crippen LogP contribution in [0.3, 0.4) is 0 Å². The first-order chi connectivity index (χ1) is 8.11. The molecule has 0 fully saturated rings. The van der Waals surface area contributed by atoms with Gasteiger partial charge in [-0.2, -0.15) is 4.39 Å². The minimum absolute atomic E-state index is 0.210. The van der Waals surface area contributed by atoms with Crippen LogP contribution in [-0.2, 0) is 0 Å². The summed E-state index contributed by atoms with van der Waals surface area (Å²) >= 11 is 1.09. The standard InChI is InChI=1S/C13H15FN2S/c1-2-8-3-4-10(15)13(16)9(7-8)11-5-6-12(14)17-11/h4-7H,2-3,15-16H2,1H3. The highest BCUT2D eigenvalue weighted by molar-refractivity contribution is 7.11. The Hall–Kier alpha value is -1.55. The van der Waals surface area contributed by atoms with Gasteiger partial charge in [-0.1, -0.05) is 24.6 Å². The molecule has 0 saturated carbocycles. The molecule has 4 N–H and O–H groups in total. The van der Waals surface area contributed by atoms with Crippen molar-refractivity contribution in [1.82, 2.24) is 0 Å². The number of rotatable bonds is 2. The van der Waals surface area contributed by atoms with Crippen LogP contribution in [0.15, 0.2) is 41.3 Å².